The molecule has 2 aromatic carbocycles. The minimum absolute atomic E-state index is 0.186. The molecule has 3 heteroatoms. The SMILES string of the molecule is C#CCNC(=O)c1cc(-c2ccccc2)nc2ccccc12. The number of carbonyl (C=O) groups is 1. The van der Waals surface area contributed by atoms with Crippen molar-refractivity contribution in [1.82, 2.24) is 10.3 Å². The second-order valence-corrected chi connectivity index (χ2v) is 4.83. The molecule has 106 valence electrons. The van der Waals surface area contributed by atoms with E-state index in [0.717, 1.165) is 22.2 Å². The number of para-hydroxylation sites is 1. The van der Waals surface area contributed by atoms with E-state index in [1.807, 2.05) is 60.7 Å². The van der Waals surface area contributed by atoms with Gasteiger partial charge in [-0.2, -0.15) is 0 Å². The standard InChI is InChI=1S/C19H14N2O/c1-2-12-20-19(22)16-13-18(14-8-4-3-5-9-14)21-17-11-7-6-10-15(16)17/h1,3-11,13H,12H2,(H,20,22). The zero-order valence-corrected chi connectivity index (χ0v) is 11.9. The van der Waals surface area contributed by atoms with Crippen LogP contribution in [0.5, 0.6) is 0 Å². The van der Waals surface area contributed by atoms with E-state index < -0.39 is 0 Å². The molecule has 0 fully saturated rings. The summed E-state index contributed by atoms with van der Waals surface area (Å²) in [7, 11) is 0. The lowest BCUT2D eigenvalue weighted by atomic mass is 10.0. The predicted molar refractivity (Wildman–Crippen MR) is 88.3 cm³/mol. The summed E-state index contributed by atoms with van der Waals surface area (Å²) in [6, 6.07) is 19.2. The minimum Gasteiger partial charge on any atom is -0.341 e. The van der Waals surface area contributed by atoms with E-state index in [2.05, 4.69) is 16.2 Å². The summed E-state index contributed by atoms with van der Waals surface area (Å²) in [5, 5.41) is 3.53. The Balaban J connectivity index is 2.17. The van der Waals surface area contributed by atoms with Gasteiger partial charge in [0, 0.05) is 10.9 Å². The maximum absolute atomic E-state index is 12.4. The Labute approximate surface area is 129 Å². The molecule has 0 aliphatic carbocycles. The lowest BCUT2D eigenvalue weighted by Gasteiger charge is -2.09. The third-order valence-electron chi connectivity index (χ3n) is 3.38. The molecular weight excluding hydrogens is 272 g/mol. The van der Waals surface area contributed by atoms with Crippen molar-refractivity contribution < 1.29 is 4.79 Å². The smallest absolute Gasteiger partial charge is 0.252 e. The largest absolute Gasteiger partial charge is 0.341 e. The van der Waals surface area contributed by atoms with E-state index >= 15 is 0 Å². The van der Waals surface area contributed by atoms with Gasteiger partial charge in [0.2, 0.25) is 0 Å². The Morgan fingerprint density at radius 1 is 1.09 bits per heavy atom. The molecule has 1 N–H and O–H groups in total. The van der Waals surface area contributed by atoms with Gasteiger partial charge in [0.05, 0.1) is 23.3 Å². The van der Waals surface area contributed by atoms with Crippen molar-refractivity contribution in [2.24, 2.45) is 0 Å². The molecule has 0 bridgehead atoms. The highest BCUT2D eigenvalue weighted by atomic mass is 16.1. The van der Waals surface area contributed by atoms with Crippen LogP contribution < -0.4 is 5.32 Å². The van der Waals surface area contributed by atoms with Gasteiger partial charge in [0.1, 0.15) is 0 Å². The number of fused-ring (bicyclic) bond motifs is 1. The number of terminal acetylenes is 1. The summed E-state index contributed by atoms with van der Waals surface area (Å²) in [6.45, 7) is 0.205. The zero-order chi connectivity index (χ0) is 15.4. The van der Waals surface area contributed by atoms with Crippen LogP contribution >= 0.6 is 0 Å². The van der Waals surface area contributed by atoms with Gasteiger partial charge in [-0.3, -0.25) is 4.79 Å². The summed E-state index contributed by atoms with van der Waals surface area (Å²) in [5.74, 6) is 2.23. The fourth-order valence-corrected chi connectivity index (χ4v) is 2.35. The van der Waals surface area contributed by atoms with E-state index in [0.29, 0.717) is 5.56 Å². The summed E-state index contributed by atoms with van der Waals surface area (Å²) >= 11 is 0. The highest BCUT2D eigenvalue weighted by Gasteiger charge is 2.13. The number of pyridine rings is 1. The van der Waals surface area contributed by atoms with Crippen LogP contribution in [-0.2, 0) is 0 Å². The molecule has 1 aromatic heterocycles. The van der Waals surface area contributed by atoms with Crippen molar-refractivity contribution in [3.63, 3.8) is 0 Å². The summed E-state index contributed by atoms with van der Waals surface area (Å²) in [6.07, 6.45) is 5.21. The molecule has 3 aromatic rings. The van der Waals surface area contributed by atoms with Crippen molar-refractivity contribution in [3.8, 4) is 23.6 Å². The summed E-state index contributed by atoms with van der Waals surface area (Å²) in [4.78, 5) is 17.0. The molecule has 3 rings (SSSR count). The highest BCUT2D eigenvalue weighted by molar-refractivity contribution is 6.07. The third-order valence-corrected chi connectivity index (χ3v) is 3.38. The molecule has 0 saturated heterocycles. The van der Waals surface area contributed by atoms with Crippen molar-refractivity contribution in [1.29, 1.82) is 0 Å². The van der Waals surface area contributed by atoms with Gasteiger partial charge in [-0.05, 0) is 12.1 Å². The number of aromatic nitrogens is 1. The van der Waals surface area contributed by atoms with Crippen LogP contribution in [0.3, 0.4) is 0 Å². The van der Waals surface area contributed by atoms with Gasteiger partial charge >= 0.3 is 0 Å². The number of hydrogen-bond acceptors (Lipinski definition) is 2. The number of nitrogens with zero attached hydrogens (tertiary/aromatic N) is 1. The van der Waals surface area contributed by atoms with Gasteiger partial charge < -0.3 is 5.32 Å². The second kappa shape index (κ2) is 6.11. The summed E-state index contributed by atoms with van der Waals surface area (Å²) in [5.41, 5.74) is 3.11. The highest BCUT2D eigenvalue weighted by Crippen LogP contribution is 2.24. The maximum atomic E-state index is 12.4. The molecule has 0 atom stereocenters. The fourth-order valence-electron chi connectivity index (χ4n) is 2.35. The molecule has 0 spiro atoms. The van der Waals surface area contributed by atoms with Crippen LogP contribution in [0.1, 0.15) is 10.4 Å². The molecule has 3 nitrogen and oxygen atoms in total. The number of carbonyl (C=O) groups excluding carboxylic acids is 1. The third kappa shape index (κ3) is 2.68. The molecule has 0 unspecified atom stereocenters. The van der Waals surface area contributed by atoms with Crippen molar-refractivity contribution >= 4 is 16.8 Å². The number of hydrogen-bond donors (Lipinski definition) is 1. The minimum atomic E-state index is -0.186. The first-order valence-corrected chi connectivity index (χ1v) is 6.96. The van der Waals surface area contributed by atoms with Crippen LogP contribution in [-0.4, -0.2) is 17.4 Å². The Hall–Kier alpha value is -3.12. The molecule has 0 radical (unpaired) electrons. The summed E-state index contributed by atoms with van der Waals surface area (Å²) < 4.78 is 0. The predicted octanol–water partition coefficient (Wildman–Crippen LogP) is 3.26. The number of nitrogens with one attached hydrogen (secondary N) is 1. The quantitative estimate of drug-likeness (QED) is 0.751. The number of rotatable bonds is 3. The van der Waals surface area contributed by atoms with Crippen LogP contribution in [0.15, 0.2) is 60.7 Å². The number of benzene rings is 2. The Kier molecular flexibility index (Phi) is 3.84. The van der Waals surface area contributed by atoms with Crippen LogP contribution in [0, 0.1) is 12.3 Å². The molecule has 0 aliphatic heterocycles. The van der Waals surface area contributed by atoms with Crippen molar-refractivity contribution in [3.05, 3.63) is 66.2 Å². The van der Waals surface area contributed by atoms with Crippen molar-refractivity contribution in [2.45, 2.75) is 0 Å². The Bertz CT molecular complexity index is 863. The van der Waals surface area contributed by atoms with E-state index in [4.69, 9.17) is 6.42 Å². The maximum Gasteiger partial charge on any atom is 0.252 e. The molecule has 1 heterocycles. The first-order valence-electron chi connectivity index (χ1n) is 6.96. The van der Waals surface area contributed by atoms with Crippen LogP contribution in [0.2, 0.25) is 0 Å². The average molecular weight is 286 g/mol. The van der Waals surface area contributed by atoms with E-state index in [1.165, 1.54) is 0 Å². The van der Waals surface area contributed by atoms with Gasteiger partial charge in [0.15, 0.2) is 0 Å². The first kappa shape index (κ1) is 13.8. The van der Waals surface area contributed by atoms with E-state index in [9.17, 15) is 4.79 Å². The van der Waals surface area contributed by atoms with E-state index in [1.54, 1.807) is 0 Å². The van der Waals surface area contributed by atoms with Crippen LogP contribution in [0.25, 0.3) is 22.2 Å². The van der Waals surface area contributed by atoms with Gasteiger partial charge in [-0.25, -0.2) is 4.98 Å². The van der Waals surface area contributed by atoms with Crippen molar-refractivity contribution in [2.75, 3.05) is 6.54 Å². The fraction of sp³-hybridized carbons (Fsp3) is 0.0526. The number of amides is 1. The zero-order valence-electron chi connectivity index (χ0n) is 11.9. The van der Waals surface area contributed by atoms with E-state index in [-0.39, 0.29) is 12.5 Å². The molecule has 0 saturated carbocycles. The molecule has 22 heavy (non-hydrogen) atoms. The average Bonchev–Trinajstić information content (AvgIpc) is 2.59. The normalized spacial score (nSPS) is 10.1. The monoisotopic (exact) mass is 286 g/mol. The Morgan fingerprint density at radius 3 is 2.59 bits per heavy atom. The van der Waals surface area contributed by atoms with Crippen LogP contribution in [0.4, 0.5) is 0 Å². The molecule has 1 amide bonds. The Morgan fingerprint density at radius 2 is 1.82 bits per heavy atom. The van der Waals surface area contributed by atoms with Gasteiger partial charge in [-0.15, -0.1) is 6.42 Å². The molecular formula is C19H14N2O. The lowest BCUT2D eigenvalue weighted by molar-refractivity contribution is 0.0960. The van der Waals surface area contributed by atoms with Gasteiger partial charge in [0.25, 0.3) is 5.91 Å². The lowest BCUT2D eigenvalue weighted by Crippen LogP contribution is -2.23. The second-order valence-electron chi connectivity index (χ2n) is 4.83. The molecule has 0 aliphatic rings. The van der Waals surface area contributed by atoms with Gasteiger partial charge in [-0.1, -0.05) is 54.5 Å². The first-order chi connectivity index (χ1) is 10.8. The topological polar surface area (TPSA) is 42.0 Å².